The number of carboxylic acid groups (broad SMARTS) is 1. The summed E-state index contributed by atoms with van der Waals surface area (Å²) < 4.78 is 96.1. The molecule has 2 heterocycles. The summed E-state index contributed by atoms with van der Waals surface area (Å²) in [6.07, 6.45) is -3.31. The van der Waals surface area contributed by atoms with Crippen molar-refractivity contribution in [3.8, 4) is 11.1 Å². The Morgan fingerprint density at radius 1 is 1.11 bits per heavy atom. The van der Waals surface area contributed by atoms with Crippen LogP contribution < -0.4 is 11.0 Å². The third kappa shape index (κ3) is 7.72. The van der Waals surface area contributed by atoms with Crippen molar-refractivity contribution < 1.29 is 54.7 Å². The van der Waals surface area contributed by atoms with Crippen LogP contribution in [0.2, 0.25) is 0 Å². The molecule has 44 heavy (non-hydrogen) atoms. The minimum absolute atomic E-state index is 0.167. The van der Waals surface area contributed by atoms with Crippen LogP contribution in [-0.2, 0) is 32.5 Å². The second kappa shape index (κ2) is 12.5. The Morgan fingerprint density at radius 2 is 1.73 bits per heavy atom. The normalized spacial score (nSPS) is 16.3. The molecule has 240 valence electrons. The van der Waals surface area contributed by atoms with Crippen LogP contribution in [0, 0.1) is 5.82 Å². The molecule has 0 saturated carbocycles. The molecular weight excluding hydrogens is 626 g/mol. The summed E-state index contributed by atoms with van der Waals surface area (Å²) in [5.41, 5.74) is 2.43. The predicted octanol–water partition coefficient (Wildman–Crippen LogP) is 2.99. The molecule has 2 aromatic carbocycles. The maximum Gasteiger partial charge on any atom is 0.490 e. The molecule has 11 nitrogen and oxygen atoms in total. The summed E-state index contributed by atoms with van der Waals surface area (Å²) >= 11 is 0. The molecule has 1 aliphatic heterocycles. The van der Waals surface area contributed by atoms with Crippen LogP contribution in [0.4, 0.5) is 26.3 Å². The molecule has 0 bridgehead atoms. The van der Waals surface area contributed by atoms with E-state index in [1.54, 1.807) is 18.2 Å². The third-order valence-electron chi connectivity index (χ3n) is 6.96. The molecule has 0 spiro atoms. The number of nitrogens with zero attached hydrogens (tertiary/aromatic N) is 3. The van der Waals surface area contributed by atoms with E-state index in [0.29, 0.717) is 11.1 Å². The van der Waals surface area contributed by atoms with Gasteiger partial charge in [0.1, 0.15) is 5.82 Å². The SMILES string of the molecule is CC(CCn1cnc2cc(-c3ccc(CN4CC(F)(F)C4)cc3F)ccc2c1=O)(C(=O)NO)S(C)(=O)=O.O=C(O)C(F)(F)F. The largest absolute Gasteiger partial charge is 0.490 e. The number of hydroxylamine groups is 1. The summed E-state index contributed by atoms with van der Waals surface area (Å²) in [6.45, 7) is 0.487. The van der Waals surface area contributed by atoms with Gasteiger partial charge in [0, 0.05) is 24.9 Å². The van der Waals surface area contributed by atoms with Crippen molar-refractivity contribution in [2.24, 2.45) is 0 Å². The number of sulfone groups is 1. The molecule has 4 rings (SSSR count). The lowest BCUT2D eigenvalue weighted by molar-refractivity contribution is -0.192. The van der Waals surface area contributed by atoms with Crippen LogP contribution in [0.3, 0.4) is 0 Å². The van der Waals surface area contributed by atoms with Gasteiger partial charge in [-0.2, -0.15) is 13.2 Å². The number of hydrogen-bond acceptors (Lipinski definition) is 8. The van der Waals surface area contributed by atoms with E-state index >= 15 is 0 Å². The van der Waals surface area contributed by atoms with E-state index in [2.05, 4.69) is 4.98 Å². The summed E-state index contributed by atoms with van der Waals surface area (Å²) in [4.78, 5) is 39.6. The number of benzene rings is 2. The third-order valence-corrected chi connectivity index (χ3v) is 8.98. The Bertz CT molecular complexity index is 1740. The van der Waals surface area contributed by atoms with Gasteiger partial charge in [-0.25, -0.2) is 36.8 Å². The Morgan fingerprint density at radius 3 is 2.23 bits per heavy atom. The molecule has 1 saturated heterocycles. The highest BCUT2D eigenvalue weighted by atomic mass is 32.2. The topological polar surface area (TPSA) is 159 Å². The molecule has 1 fully saturated rings. The number of hydrogen-bond donors (Lipinski definition) is 3. The van der Waals surface area contributed by atoms with Gasteiger partial charge in [-0.05, 0) is 42.7 Å². The van der Waals surface area contributed by atoms with Gasteiger partial charge in [-0.3, -0.25) is 24.3 Å². The molecule has 1 aliphatic rings. The van der Waals surface area contributed by atoms with Crippen LogP contribution in [0.1, 0.15) is 18.9 Å². The number of halogens is 6. The van der Waals surface area contributed by atoms with Gasteiger partial charge >= 0.3 is 12.1 Å². The summed E-state index contributed by atoms with van der Waals surface area (Å²) in [7, 11) is -3.93. The van der Waals surface area contributed by atoms with Gasteiger partial charge in [0.25, 0.3) is 17.4 Å². The second-order valence-corrected chi connectivity index (χ2v) is 12.7. The lowest BCUT2D eigenvalue weighted by Crippen LogP contribution is -2.55. The van der Waals surface area contributed by atoms with Crippen LogP contribution in [0.15, 0.2) is 47.5 Å². The number of aromatic nitrogens is 2. The van der Waals surface area contributed by atoms with Gasteiger partial charge in [0.2, 0.25) is 0 Å². The van der Waals surface area contributed by atoms with Crippen LogP contribution in [-0.4, -0.2) is 81.3 Å². The van der Waals surface area contributed by atoms with Gasteiger partial charge in [-0.1, -0.05) is 18.2 Å². The number of aryl methyl sites for hydroxylation is 1. The van der Waals surface area contributed by atoms with Crippen LogP contribution in [0.5, 0.6) is 0 Å². The van der Waals surface area contributed by atoms with Crippen molar-refractivity contribution in [1.29, 1.82) is 0 Å². The molecule has 3 aromatic rings. The summed E-state index contributed by atoms with van der Waals surface area (Å²) in [5, 5.41) is 16.3. The number of carbonyl (C=O) groups is 2. The van der Waals surface area contributed by atoms with Gasteiger partial charge in [0.15, 0.2) is 14.6 Å². The molecule has 1 amide bonds. The fourth-order valence-corrected chi connectivity index (χ4v) is 5.12. The van der Waals surface area contributed by atoms with Crippen molar-refractivity contribution in [2.45, 2.75) is 43.3 Å². The lowest BCUT2D eigenvalue weighted by atomic mass is 10.0. The number of nitrogens with one attached hydrogen (secondary N) is 1. The number of aliphatic carboxylic acids is 1. The smallest absolute Gasteiger partial charge is 0.475 e. The zero-order valence-electron chi connectivity index (χ0n) is 23.0. The molecular formula is C26H26F6N4O7S. The monoisotopic (exact) mass is 652 g/mol. The highest BCUT2D eigenvalue weighted by molar-refractivity contribution is 7.92. The number of alkyl halides is 5. The maximum absolute atomic E-state index is 14.9. The number of carboxylic acids is 1. The van der Waals surface area contributed by atoms with Gasteiger partial charge < -0.3 is 5.11 Å². The van der Waals surface area contributed by atoms with Crippen molar-refractivity contribution in [2.75, 3.05) is 19.3 Å². The predicted molar refractivity (Wildman–Crippen MR) is 143 cm³/mol. The van der Waals surface area contributed by atoms with Crippen molar-refractivity contribution >= 4 is 32.6 Å². The van der Waals surface area contributed by atoms with E-state index in [9.17, 15) is 44.3 Å². The first-order valence-corrected chi connectivity index (χ1v) is 14.4. The van der Waals surface area contributed by atoms with E-state index < -0.39 is 49.9 Å². The number of carbonyl (C=O) groups excluding carboxylic acids is 1. The first-order valence-electron chi connectivity index (χ1n) is 12.5. The van der Waals surface area contributed by atoms with Gasteiger partial charge in [0.05, 0.1) is 30.3 Å². The van der Waals surface area contributed by atoms with Crippen LogP contribution in [0.25, 0.3) is 22.0 Å². The Labute approximate surface area is 245 Å². The van der Waals surface area contributed by atoms with Crippen molar-refractivity contribution in [3.05, 3.63) is 64.5 Å². The molecule has 1 aromatic heterocycles. The Kier molecular flexibility index (Phi) is 9.81. The van der Waals surface area contributed by atoms with Crippen LogP contribution >= 0.6 is 0 Å². The lowest BCUT2D eigenvalue weighted by Gasteiger charge is -2.38. The Hall–Kier alpha value is -4.03. The van der Waals surface area contributed by atoms with E-state index in [-0.39, 0.29) is 49.1 Å². The standard InChI is InChI=1S/C24H25F3N4O5S.C2HF3O2/c1-23(22(33)29-34,37(2,35)36)7-8-31-14-28-20-10-16(4-6-18(20)21(31)32)17-5-3-15(9-19(17)25)11-30-12-24(26,27)13-30;3-2(4,5)1(6)7/h3-6,9-10,14,34H,7-8,11-13H2,1-2H3,(H,29,33);(H,6,7). The number of rotatable bonds is 8. The van der Waals surface area contributed by atoms with Crippen molar-refractivity contribution in [3.63, 3.8) is 0 Å². The molecule has 1 atom stereocenters. The Balaban J connectivity index is 0.000000676. The van der Waals surface area contributed by atoms with E-state index in [4.69, 9.17) is 15.1 Å². The fraction of sp³-hybridized carbons (Fsp3) is 0.385. The van der Waals surface area contributed by atoms with E-state index in [1.165, 1.54) is 34.9 Å². The first-order chi connectivity index (χ1) is 20.2. The molecule has 1 unspecified atom stereocenters. The minimum Gasteiger partial charge on any atom is -0.475 e. The zero-order valence-corrected chi connectivity index (χ0v) is 23.8. The first kappa shape index (κ1) is 34.5. The average Bonchev–Trinajstić information content (AvgIpc) is 2.90. The molecule has 18 heteroatoms. The number of amides is 1. The van der Waals surface area contributed by atoms with E-state index in [1.807, 2.05) is 0 Å². The minimum atomic E-state index is -5.08. The maximum atomic E-state index is 14.9. The van der Waals surface area contributed by atoms with E-state index in [0.717, 1.165) is 17.7 Å². The highest BCUT2D eigenvalue weighted by Gasteiger charge is 2.44. The highest BCUT2D eigenvalue weighted by Crippen LogP contribution is 2.30. The zero-order chi connectivity index (χ0) is 33.3. The van der Waals surface area contributed by atoms with Gasteiger partial charge in [-0.15, -0.1) is 0 Å². The average molecular weight is 653 g/mol. The fourth-order valence-electron chi connectivity index (χ4n) is 4.27. The molecule has 0 radical (unpaired) electrons. The summed E-state index contributed by atoms with van der Waals surface area (Å²) in [5.74, 6) is -7.11. The molecule has 0 aliphatic carbocycles. The second-order valence-electron chi connectivity index (χ2n) is 10.3. The van der Waals surface area contributed by atoms with Crippen molar-refractivity contribution in [1.82, 2.24) is 19.9 Å². The molecule has 3 N–H and O–H groups in total. The summed E-state index contributed by atoms with van der Waals surface area (Å²) in [6, 6.07) is 9.05. The quantitative estimate of drug-likeness (QED) is 0.189. The number of likely N-dealkylation sites (tertiary alicyclic amines) is 1. The number of fused-ring (bicyclic) bond motifs is 1.